The van der Waals surface area contributed by atoms with E-state index in [1.54, 1.807) is 6.08 Å². The Labute approximate surface area is 370 Å². The van der Waals surface area contributed by atoms with Crippen molar-refractivity contribution in [1.29, 1.82) is 0 Å². The predicted octanol–water partition coefficient (Wildman–Crippen LogP) is 19.6. The molecule has 0 spiro atoms. The Balaban J connectivity index is 3.07. The number of carboxylic acids is 2. The lowest BCUT2D eigenvalue weighted by Crippen LogP contribution is -1.93. The molecule has 350 valence electrons. The highest BCUT2D eigenvalue weighted by atomic mass is 16.4. The summed E-state index contributed by atoms with van der Waals surface area (Å²) in [5.41, 5.74) is 0. The molecule has 0 fully saturated rings. The van der Waals surface area contributed by atoms with Crippen LogP contribution in [0.1, 0.15) is 327 Å². The number of carboxylic acid groups (broad SMARTS) is 2. The maximum Gasteiger partial charge on any atom is 0.327 e. The maximum atomic E-state index is 10.5. The second-order valence-corrected chi connectivity index (χ2v) is 19.0. The smallest absolute Gasteiger partial charge is 0.327 e. The van der Waals surface area contributed by atoms with Crippen molar-refractivity contribution < 1.29 is 19.8 Å². The van der Waals surface area contributed by atoms with Gasteiger partial charge in [-0.1, -0.05) is 308 Å². The summed E-state index contributed by atoms with van der Waals surface area (Å²) in [6.07, 6.45) is 73.1. The van der Waals surface area contributed by atoms with Crippen molar-refractivity contribution in [1.82, 2.24) is 0 Å². The summed E-state index contributed by atoms with van der Waals surface area (Å²) in [4.78, 5) is 21.0. The van der Waals surface area contributed by atoms with Gasteiger partial charge in [0.1, 0.15) is 0 Å². The molecule has 0 rings (SSSR count). The van der Waals surface area contributed by atoms with Gasteiger partial charge in [-0.15, -0.1) is 0 Å². The van der Waals surface area contributed by atoms with E-state index < -0.39 is 11.9 Å². The fraction of sp³-hybridized carbons (Fsp3) is 0.927. The molecule has 0 aliphatic carbocycles. The zero-order valence-electron chi connectivity index (χ0n) is 39.9. The highest BCUT2D eigenvalue weighted by molar-refractivity contribution is 5.79. The fourth-order valence-corrected chi connectivity index (χ4v) is 9.03. The van der Waals surface area contributed by atoms with Gasteiger partial charge in [-0.05, 0) is 19.3 Å². The number of unbranched alkanes of at least 4 members (excludes halogenated alkanes) is 49. The Bertz CT molecular complexity index is 837. The van der Waals surface area contributed by atoms with Gasteiger partial charge in [0.2, 0.25) is 0 Å². The lowest BCUT2D eigenvalue weighted by molar-refractivity contribution is -0.137. The van der Waals surface area contributed by atoms with E-state index >= 15 is 0 Å². The van der Waals surface area contributed by atoms with Crippen molar-refractivity contribution in [2.45, 2.75) is 327 Å². The standard InChI is InChI=1S/C55H106O4/c56-54(57)52-50-48-46-44-42-40-38-36-34-32-30-28-26-24-22-20-18-16-14-12-10-8-6-4-2-1-3-5-7-9-11-13-15-17-19-21-23-25-27-29-31-33-35-37-39-41-43-45-47-49-51-53-55(58)59/h50,52H,1-49,51,53H2,(H,56,57)(H,58,59). The number of aliphatic carboxylic acids is 2. The summed E-state index contributed by atoms with van der Waals surface area (Å²) in [7, 11) is 0. The fourth-order valence-electron chi connectivity index (χ4n) is 9.03. The van der Waals surface area contributed by atoms with Crippen LogP contribution in [0.4, 0.5) is 0 Å². The normalized spacial score (nSPS) is 11.7. The van der Waals surface area contributed by atoms with E-state index in [9.17, 15) is 9.59 Å². The molecule has 0 aliphatic rings. The van der Waals surface area contributed by atoms with Crippen LogP contribution in [-0.2, 0) is 9.59 Å². The molecular formula is C55H106O4. The molecule has 0 aromatic carbocycles. The first-order chi connectivity index (χ1) is 29.1. The summed E-state index contributed by atoms with van der Waals surface area (Å²) >= 11 is 0. The molecule has 0 amide bonds. The molecule has 0 heterocycles. The summed E-state index contributed by atoms with van der Waals surface area (Å²) in [5, 5.41) is 17.3. The first kappa shape index (κ1) is 57.7. The molecule has 4 heteroatoms. The molecule has 0 aromatic heterocycles. The Morgan fingerprint density at radius 3 is 0.542 bits per heavy atom. The largest absolute Gasteiger partial charge is 0.481 e. The third kappa shape index (κ3) is 56.7. The highest BCUT2D eigenvalue weighted by Crippen LogP contribution is 2.19. The van der Waals surface area contributed by atoms with Crippen LogP contribution in [-0.4, -0.2) is 22.2 Å². The second-order valence-electron chi connectivity index (χ2n) is 19.0. The van der Waals surface area contributed by atoms with E-state index in [1.807, 2.05) is 0 Å². The lowest BCUT2D eigenvalue weighted by atomic mass is 10.0. The van der Waals surface area contributed by atoms with Gasteiger partial charge in [0.05, 0.1) is 0 Å². The summed E-state index contributed by atoms with van der Waals surface area (Å²) in [5.74, 6) is -1.48. The predicted molar refractivity (Wildman–Crippen MR) is 260 cm³/mol. The van der Waals surface area contributed by atoms with Crippen molar-refractivity contribution in [3.05, 3.63) is 12.2 Å². The van der Waals surface area contributed by atoms with Crippen LogP contribution in [0, 0.1) is 0 Å². The molecule has 0 bridgehead atoms. The Kier molecular flexibility index (Phi) is 51.6. The molecule has 0 unspecified atom stereocenters. The minimum atomic E-state index is -0.829. The topological polar surface area (TPSA) is 74.6 Å². The molecule has 0 saturated heterocycles. The zero-order valence-corrected chi connectivity index (χ0v) is 39.9. The van der Waals surface area contributed by atoms with Crippen molar-refractivity contribution >= 4 is 11.9 Å². The molecule has 0 radical (unpaired) electrons. The van der Waals surface area contributed by atoms with Crippen molar-refractivity contribution in [3.8, 4) is 0 Å². The molecule has 2 N–H and O–H groups in total. The van der Waals surface area contributed by atoms with Gasteiger partial charge in [0, 0.05) is 12.5 Å². The summed E-state index contributed by atoms with van der Waals surface area (Å²) in [6.45, 7) is 0. The average Bonchev–Trinajstić information content (AvgIpc) is 3.22. The van der Waals surface area contributed by atoms with E-state index in [1.165, 1.54) is 301 Å². The second kappa shape index (κ2) is 52.8. The van der Waals surface area contributed by atoms with E-state index in [4.69, 9.17) is 10.2 Å². The van der Waals surface area contributed by atoms with Gasteiger partial charge < -0.3 is 10.2 Å². The number of hydrogen-bond acceptors (Lipinski definition) is 2. The summed E-state index contributed by atoms with van der Waals surface area (Å²) < 4.78 is 0. The minimum absolute atomic E-state index is 0.343. The monoisotopic (exact) mass is 831 g/mol. The third-order valence-corrected chi connectivity index (χ3v) is 13.0. The van der Waals surface area contributed by atoms with Crippen LogP contribution < -0.4 is 0 Å². The van der Waals surface area contributed by atoms with E-state index in [-0.39, 0.29) is 0 Å². The SMILES string of the molecule is O=C(O)C=CCCCCCCCCCCCCCCCCCCCCCCCCCCCCCCCCCCCCCCCCCCCCCCCCCCCC(=O)O. The van der Waals surface area contributed by atoms with E-state index in [0.717, 1.165) is 25.7 Å². The van der Waals surface area contributed by atoms with E-state index in [0.29, 0.717) is 6.42 Å². The van der Waals surface area contributed by atoms with Crippen LogP contribution in [0.2, 0.25) is 0 Å². The van der Waals surface area contributed by atoms with Crippen molar-refractivity contribution in [2.75, 3.05) is 0 Å². The van der Waals surface area contributed by atoms with Gasteiger partial charge in [-0.2, -0.15) is 0 Å². The Morgan fingerprint density at radius 1 is 0.237 bits per heavy atom. The minimum Gasteiger partial charge on any atom is -0.481 e. The number of hydrogen-bond donors (Lipinski definition) is 2. The number of carbonyl (C=O) groups is 2. The van der Waals surface area contributed by atoms with E-state index in [2.05, 4.69) is 0 Å². The van der Waals surface area contributed by atoms with Crippen LogP contribution in [0.25, 0.3) is 0 Å². The molecule has 0 saturated carbocycles. The molecule has 0 atom stereocenters. The lowest BCUT2D eigenvalue weighted by Gasteiger charge is -2.05. The van der Waals surface area contributed by atoms with Gasteiger partial charge in [-0.25, -0.2) is 4.79 Å². The average molecular weight is 831 g/mol. The van der Waals surface area contributed by atoms with Crippen LogP contribution in [0.15, 0.2) is 12.2 Å². The quantitative estimate of drug-likeness (QED) is 0.0473. The molecule has 59 heavy (non-hydrogen) atoms. The van der Waals surface area contributed by atoms with Gasteiger partial charge >= 0.3 is 11.9 Å². The van der Waals surface area contributed by atoms with Gasteiger partial charge in [0.25, 0.3) is 0 Å². The van der Waals surface area contributed by atoms with Crippen molar-refractivity contribution in [2.24, 2.45) is 0 Å². The van der Waals surface area contributed by atoms with Gasteiger partial charge in [-0.3, -0.25) is 4.79 Å². The van der Waals surface area contributed by atoms with Crippen LogP contribution >= 0.6 is 0 Å². The Morgan fingerprint density at radius 2 is 0.390 bits per heavy atom. The van der Waals surface area contributed by atoms with Crippen LogP contribution in [0.5, 0.6) is 0 Å². The maximum absolute atomic E-state index is 10.5. The molecule has 0 aliphatic heterocycles. The first-order valence-corrected chi connectivity index (χ1v) is 27.2. The molecule has 0 aromatic rings. The molecular weight excluding hydrogens is 725 g/mol. The van der Waals surface area contributed by atoms with Crippen molar-refractivity contribution in [3.63, 3.8) is 0 Å². The Hall–Kier alpha value is -1.32. The third-order valence-electron chi connectivity index (χ3n) is 13.0. The number of rotatable bonds is 53. The van der Waals surface area contributed by atoms with Crippen LogP contribution in [0.3, 0.4) is 0 Å². The van der Waals surface area contributed by atoms with Gasteiger partial charge in [0.15, 0.2) is 0 Å². The summed E-state index contributed by atoms with van der Waals surface area (Å²) in [6, 6.07) is 0. The number of allylic oxidation sites excluding steroid dienone is 1. The molecule has 4 nitrogen and oxygen atoms in total. The first-order valence-electron chi connectivity index (χ1n) is 27.2. The zero-order chi connectivity index (χ0) is 42.6. The highest BCUT2D eigenvalue weighted by Gasteiger charge is 2.00.